The Morgan fingerprint density at radius 1 is 1.28 bits per heavy atom. The fraction of sp³-hybridized carbons (Fsp3) is 0.462. The normalized spacial score (nSPS) is 14.1. The molecule has 0 saturated carbocycles. The van der Waals surface area contributed by atoms with Crippen LogP contribution in [0.5, 0.6) is 0 Å². The molecular weight excluding hydrogens is 238 g/mol. The molecule has 0 radical (unpaired) electrons. The molecule has 100 valence electrons. The predicted octanol–water partition coefficient (Wildman–Crippen LogP) is 2.00. The molecule has 2 unspecified atom stereocenters. The molecule has 1 amide bonds. The van der Waals surface area contributed by atoms with Gasteiger partial charge in [0.05, 0.1) is 6.04 Å². The highest BCUT2D eigenvalue weighted by Crippen LogP contribution is 2.16. The van der Waals surface area contributed by atoms with Gasteiger partial charge in [0.2, 0.25) is 5.91 Å². The van der Waals surface area contributed by atoms with Crippen LogP contribution in [0.4, 0.5) is 8.78 Å². The van der Waals surface area contributed by atoms with Gasteiger partial charge >= 0.3 is 0 Å². The Labute approximate surface area is 106 Å². The highest BCUT2D eigenvalue weighted by atomic mass is 19.2. The molecule has 0 spiro atoms. The Hall–Kier alpha value is -1.49. The molecule has 0 heterocycles. The molecule has 18 heavy (non-hydrogen) atoms. The van der Waals surface area contributed by atoms with Crippen LogP contribution in [0.2, 0.25) is 0 Å². The topological polar surface area (TPSA) is 41.1 Å². The summed E-state index contributed by atoms with van der Waals surface area (Å²) in [5.41, 5.74) is 0.541. The first kappa shape index (κ1) is 14.6. The number of carbonyl (C=O) groups excluding carboxylic acids is 1. The average Bonchev–Trinajstić information content (AvgIpc) is 2.32. The van der Waals surface area contributed by atoms with Crippen LogP contribution in [0.15, 0.2) is 18.2 Å². The maximum atomic E-state index is 13.1. The Kier molecular flexibility index (Phi) is 5.22. The van der Waals surface area contributed by atoms with E-state index in [1.807, 2.05) is 0 Å². The number of benzene rings is 1. The number of rotatable bonds is 5. The van der Waals surface area contributed by atoms with Crippen LogP contribution in [0.3, 0.4) is 0 Å². The first-order valence-electron chi connectivity index (χ1n) is 5.85. The van der Waals surface area contributed by atoms with Crippen molar-refractivity contribution in [3.63, 3.8) is 0 Å². The van der Waals surface area contributed by atoms with Crippen LogP contribution in [0.25, 0.3) is 0 Å². The van der Waals surface area contributed by atoms with Crippen molar-refractivity contribution in [1.82, 2.24) is 10.6 Å². The van der Waals surface area contributed by atoms with E-state index in [1.54, 1.807) is 20.9 Å². The van der Waals surface area contributed by atoms with Gasteiger partial charge in [-0.3, -0.25) is 4.79 Å². The Morgan fingerprint density at radius 2 is 1.94 bits per heavy atom. The summed E-state index contributed by atoms with van der Waals surface area (Å²) in [6.45, 7) is 4.09. The number of amides is 1. The minimum atomic E-state index is -0.906. The summed E-state index contributed by atoms with van der Waals surface area (Å²) in [7, 11) is 1.77. The largest absolute Gasteiger partial charge is 0.349 e. The summed E-state index contributed by atoms with van der Waals surface area (Å²) in [6.07, 6.45) is 0. The highest BCUT2D eigenvalue weighted by Gasteiger charge is 2.16. The van der Waals surface area contributed by atoms with E-state index in [1.165, 1.54) is 6.07 Å². The SMILES string of the molecule is CNCC(C)C(=O)NC(C)c1ccc(F)c(F)c1. The number of hydrogen-bond donors (Lipinski definition) is 2. The molecule has 0 aliphatic rings. The van der Waals surface area contributed by atoms with Crippen LogP contribution >= 0.6 is 0 Å². The van der Waals surface area contributed by atoms with Crippen molar-refractivity contribution in [3.05, 3.63) is 35.4 Å². The highest BCUT2D eigenvalue weighted by molar-refractivity contribution is 5.78. The van der Waals surface area contributed by atoms with E-state index in [0.29, 0.717) is 12.1 Å². The van der Waals surface area contributed by atoms with E-state index in [0.717, 1.165) is 12.1 Å². The van der Waals surface area contributed by atoms with Gasteiger partial charge in [-0.1, -0.05) is 13.0 Å². The summed E-state index contributed by atoms with van der Waals surface area (Å²) < 4.78 is 25.8. The lowest BCUT2D eigenvalue weighted by atomic mass is 10.1. The van der Waals surface area contributed by atoms with Crippen LogP contribution in [-0.4, -0.2) is 19.5 Å². The minimum absolute atomic E-state index is 0.124. The fourth-order valence-electron chi connectivity index (χ4n) is 1.62. The number of halogens is 2. The quantitative estimate of drug-likeness (QED) is 0.846. The molecule has 1 aromatic rings. The van der Waals surface area contributed by atoms with E-state index in [9.17, 15) is 13.6 Å². The molecule has 0 aliphatic carbocycles. The second-order valence-corrected chi connectivity index (χ2v) is 4.36. The zero-order valence-electron chi connectivity index (χ0n) is 10.8. The van der Waals surface area contributed by atoms with Crippen molar-refractivity contribution in [2.75, 3.05) is 13.6 Å². The van der Waals surface area contributed by atoms with Crippen molar-refractivity contribution in [2.45, 2.75) is 19.9 Å². The Balaban J connectivity index is 2.67. The van der Waals surface area contributed by atoms with Crippen molar-refractivity contribution in [2.24, 2.45) is 5.92 Å². The van der Waals surface area contributed by atoms with Gasteiger partial charge < -0.3 is 10.6 Å². The molecule has 0 aliphatic heterocycles. The molecule has 0 bridgehead atoms. The van der Waals surface area contributed by atoms with E-state index >= 15 is 0 Å². The lowest BCUT2D eigenvalue weighted by Crippen LogP contribution is -2.35. The third-order valence-corrected chi connectivity index (χ3v) is 2.76. The number of hydrogen-bond acceptors (Lipinski definition) is 2. The summed E-state index contributed by atoms with van der Waals surface area (Å²) in [5.74, 6) is -2.10. The molecule has 5 heteroatoms. The van der Waals surface area contributed by atoms with Crippen molar-refractivity contribution >= 4 is 5.91 Å². The van der Waals surface area contributed by atoms with Gasteiger partial charge in [-0.05, 0) is 31.7 Å². The van der Waals surface area contributed by atoms with Gasteiger partial charge in [-0.25, -0.2) is 8.78 Å². The molecule has 3 nitrogen and oxygen atoms in total. The number of carbonyl (C=O) groups is 1. The zero-order valence-corrected chi connectivity index (χ0v) is 10.8. The molecule has 0 saturated heterocycles. The second-order valence-electron chi connectivity index (χ2n) is 4.36. The smallest absolute Gasteiger partial charge is 0.224 e. The zero-order chi connectivity index (χ0) is 13.7. The summed E-state index contributed by atoms with van der Waals surface area (Å²) >= 11 is 0. The second kappa shape index (κ2) is 6.44. The molecule has 0 aromatic heterocycles. The van der Waals surface area contributed by atoms with Crippen molar-refractivity contribution in [1.29, 1.82) is 0 Å². The van der Waals surface area contributed by atoms with Crippen LogP contribution in [0.1, 0.15) is 25.5 Å². The van der Waals surface area contributed by atoms with E-state index < -0.39 is 11.6 Å². The molecule has 0 fully saturated rings. The molecule has 1 aromatic carbocycles. The first-order valence-corrected chi connectivity index (χ1v) is 5.85. The Morgan fingerprint density at radius 3 is 2.50 bits per heavy atom. The van der Waals surface area contributed by atoms with E-state index in [4.69, 9.17) is 0 Å². The molecule has 1 rings (SSSR count). The van der Waals surface area contributed by atoms with Gasteiger partial charge in [0, 0.05) is 12.5 Å². The molecular formula is C13H18F2N2O. The van der Waals surface area contributed by atoms with Crippen LogP contribution in [-0.2, 0) is 4.79 Å². The summed E-state index contributed by atoms with van der Waals surface area (Å²) in [6, 6.07) is 3.27. The van der Waals surface area contributed by atoms with Gasteiger partial charge in [-0.15, -0.1) is 0 Å². The maximum absolute atomic E-state index is 13.1. The summed E-state index contributed by atoms with van der Waals surface area (Å²) in [5, 5.41) is 5.67. The third-order valence-electron chi connectivity index (χ3n) is 2.76. The van der Waals surface area contributed by atoms with Crippen LogP contribution < -0.4 is 10.6 Å². The van der Waals surface area contributed by atoms with E-state index in [2.05, 4.69) is 10.6 Å². The fourth-order valence-corrected chi connectivity index (χ4v) is 1.62. The van der Waals surface area contributed by atoms with Gasteiger partial charge in [0.15, 0.2) is 11.6 Å². The monoisotopic (exact) mass is 256 g/mol. The average molecular weight is 256 g/mol. The van der Waals surface area contributed by atoms with Crippen molar-refractivity contribution < 1.29 is 13.6 Å². The van der Waals surface area contributed by atoms with Crippen LogP contribution in [0, 0.1) is 17.6 Å². The minimum Gasteiger partial charge on any atom is -0.349 e. The van der Waals surface area contributed by atoms with Gasteiger partial charge in [-0.2, -0.15) is 0 Å². The van der Waals surface area contributed by atoms with Crippen molar-refractivity contribution in [3.8, 4) is 0 Å². The standard InChI is InChI=1S/C13H18F2N2O/c1-8(7-16-3)13(18)17-9(2)10-4-5-11(14)12(15)6-10/h4-6,8-9,16H,7H2,1-3H3,(H,17,18). The van der Waals surface area contributed by atoms with Gasteiger partial charge in [0.25, 0.3) is 0 Å². The molecule has 2 N–H and O–H groups in total. The first-order chi connectivity index (χ1) is 8.45. The molecule has 2 atom stereocenters. The van der Waals surface area contributed by atoms with Gasteiger partial charge in [0.1, 0.15) is 0 Å². The third kappa shape index (κ3) is 3.77. The Bertz CT molecular complexity index is 423. The van der Waals surface area contributed by atoms with E-state index in [-0.39, 0.29) is 17.9 Å². The number of nitrogens with one attached hydrogen (secondary N) is 2. The summed E-state index contributed by atoms with van der Waals surface area (Å²) in [4.78, 5) is 11.7. The lowest BCUT2D eigenvalue weighted by molar-refractivity contribution is -0.125. The maximum Gasteiger partial charge on any atom is 0.224 e. The lowest BCUT2D eigenvalue weighted by Gasteiger charge is -2.18. The predicted molar refractivity (Wildman–Crippen MR) is 66.0 cm³/mol.